The molecule has 2 aliphatic rings. The zero-order valence-electron chi connectivity index (χ0n) is 14.1. The Balaban J connectivity index is 1.49. The summed E-state index contributed by atoms with van der Waals surface area (Å²) in [7, 11) is 0. The van der Waals surface area contributed by atoms with Crippen LogP contribution in [0.5, 0.6) is 5.75 Å². The Morgan fingerprint density at radius 2 is 2.17 bits per heavy atom. The summed E-state index contributed by atoms with van der Waals surface area (Å²) in [6.07, 6.45) is 4.02. The second-order valence-electron chi connectivity index (χ2n) is 6.95. The number of carboxylic acid groups (broad SMARTS) is 1. The molecule has 5 nitrogen and oxygen atoms in total. The molecule has 0 spiro atoms. The van der Waals surface area contributed by atoms with Crippen molar-refractivity contribution < 1.29 is 19.4 Å². The van der Waals surface area contributed by atoms with E-state index in [2.05, 4.69) is 0 Å². The lowest BCUT2D eigenvalue weighted by molar-refractivity contribution is -0.149. The van der Waals surface area contributed by atoms with Gasteiger partial charge in [-0.2, -0.15) is 0 Å². The van der Waals surface area contributed by atoms with E-state index in [-0.39, 0.29) is 11.8 Å². The SMILES string of the molecule is Cc1cccc(OCCCC(=O)N2CC3CCCC3C2C(=O)O)c1. The highest BCUT2D eigenvalue weighted by Gasteiger charge is 2.49. The molecule has 1 aliphatic carbocycles. The summed E-state index contributed by atoms with van der Waals surface area (Å²) in [4.78, 5) is 25.7. The van der Waals surface area contributed by atoms with Crippen LogP contribution in [-0.2, 0) is 9.59 Å². The number of fused-ring (bicyclic) bond motifs is 1. The van der Waals surface area contributed by atoms with Crippen molar-refractivity contribution in [3.8, 4) is 5.75 Å². The first kappa shape index (κ1) is 16.8. The molecule has 1 amide bonds. The summed E-state index contributed by atoms with van der Waals surface area (Å²) >= 11 is 0. The largest absolute Gasteiger partial charge is 0.494 e. The quantitative estimate of drug-likeness (QED) is 0.814. The molecule has 24 heavy (non-hydrogen) atoms. The van der Waals surface area contributed by atoms with Gasteiger partial charge in [0.05, 0.1) is 6.61 Å². The first-order chi connectivity index (χ1) is 11.6. The summed E-state index contributed by atoms with van der Waals surface area (Å²) in [5.41, 5.74) is 1.14. The van der Waals surface area contributed by atoms with E-state index in [1.807, 2.05) is 31.2 Å². The molecule has 1 N–H and O–H groups in total. The van der Waals surface area contributed by atoms with E-state index in [0.29, 0.717) is 31.9 Å². The van der Waals surface area contributed by atoms with Crippen molar-refractivity contribution in [2.75, 3.05) is 13.2 Å². The molecule has 1 heterocycles. The first-order valence-electron chi connectivity index (χ1n) is 8.78. The average Bonchev–Trinajstić information content (AvgIpc) is 3.11. The van der Waals surface area contributed by atoms with Gasteiger partial charge in [0, 0.05) is 13.0 Å². The van der Waals surface area contributed by atoms with Crippen LogP contribution < -0.4 is 4.74 Å². The van der Waals surface area contributed by atoms with E-state index in [0.717, 1.165) is 30.6 Å². The smallest absolute Gasteiger partial charge is 0.326 e. The van der Waals surface area contributed by atoms with E-state index in [1.165, 1.54) is 0 Å². The number of hydrogen-bond acceptors (Lipinski definition) is 3. The van der Waals surface area contributed by atoms with Crippen LogP contribution in [0, 0.1) is 18.8 Å². The minimum absolute atomic E-state index is 0.0513. The number of carboxylic acids is 1. The van der Waals surface area contributed by atoms with Crippen LogP contribution in [0.3, 0.4) is 0 Å². The van der Waals surface area contributed by atoms with Gasteiger partial charge in [-0.25, -0.2) is 4.79 Å². The van der Waals surface area contributed by atoms with Crippen molar-refractivity contribution in [1.29, 1.82) is 0 Å². The summed E-state index contributed by atoms with van der Waals surface area (Å²) in [6, 6.07) is 7.19. The lowest BCUT2D eigenvalue weighted by Gasteiger charge is -2.24. The van der Waals surface area contributed by atoms with Crippen LogP contribution >= 0.6 is 0 Å². The molecule has 1 aromatic carbocycles. The Hall–Kier alpha value is -2.04. The number of amides is 1. The van der Waals surface area contributed by atoms with E-state index >= 15 is 0 Å². The lowest BCUT2D eigenvalue weighted by atomic mass is 9.94. The van der Waals surface area contributed by atoms with Gasteiger partial charge in [-0.1, -0.05) is 18.6 Å². The van der Waals surface area contributed by atoms with Gasteiger partial charge in [-0.15, -0.1) is 0 Å². The number of nitrogens with zero attached hydrogens (tertiary/aromatic N) is 1. The topological polar surface area (TPSA) is 66.8 Å². The number of likely N-dealkylation sites (tertiary alicyclic amines) is 1. The van der Waals surface area contributed by atoms with E-state index in [1.54, 1.807) is 4.90 Å². The number of benzene rings is 1. The van der Waals surface area contributed by atoms with Crippen molar-refractivity contribution in [2.24, 2.45) is 11.8 Å². The standard InChI is InChI=1S/C19H25NO4/c1-13-5-2-7-15(11-13)24-10-4-9-17(21)20-12-14-6-3-8-16(14)18(20)19(22)23/h2,5,7,11,14,16,18H,3-4,6,8-10,12H2,1H3,(H,22,23). The second-order valence-corrected chi connectivity index (χ2v) is 6.95. The number of rotatable bonds is 6. The van der Waals surface area contributed by atoms with Gasteiger partial charge in [-0.05, 0) is 55.7 Å². The molecule has 3 rings (SSSR count). The molecule has 3 unspecified atom stereocenters. The molecule has 0 radical (unpaired) electrons. The third-order valence-corrected chi connectivity index (χ3v) is 5.26. The van der Waals surface area contributed by atoms with Crippen LogP contribution in [0.4, 0.5) is 0 Å². The van der Waals surface area contributed by atoms with Gasteiger partial charge in [0.2, 0.25) is 5.91 Å². The minimum Gasteiger partial charge on any atom is -0.494 e. The maximum Gasteiger partial charge on any atom is 0.326 e. The van der Waals surface area contributed by atoms with Gasteiger partial charge in [0.25, 0.3) is 0 Å². The third kappa shape index (κ3) is 3.55. The highest BCUT2D eigenvalue weighted by atomic mass is 16.5. The number of ether oxygens (including phenoxy) is 1. The Morgan fingerprint density at radius 1 is 1.33 bits per heavy atom. The molecular formula is C19H25NO4. The van der Waals surface area contributed by atoms with Crippen molar-refractivity contribution in [3.63, 3.8) is 0 Å². The summed E-state index contributed by atoms with van der Waals surface area (Å²) < 4.78 is 5.66. The van der Waals surface area contributed by atoms with Gasteiger partial charge in [0.15, 0.2) is 0 Å². The number of carbonyl (C=O) groups excluding carboxylic acids is 1. The van der Waals surface area contributed by atoms with Crippen LogP contribution in [0.1, 0.15) is 37.7 Å². The predicted octanol–water partition coefficient (Wildman–Crippen LogP) is 2.87. The molecule has 1 saturated carbocycles. The fourth-order valence-electron chi connectivity index (χ4n) is 4.14. The fraction of sp³-hybridized carbons (Fsp3) is 0.579. The molecular weight excluding hydrogens is 306 g/mol. The fourth-order valence-corrected chi connectivity index (χ4v) is 4.14. The molecule has 2 fully saturated rings. The van der Waals surface area contributed by atoms with Gasteiger partial charge in [0.1, 0.15) is 11.8 Å². The summed E-state index contributed by atoms with van der Waals surface area (Å²) in [5, 5.41) is 9.51. The Morgan fingerprint density at radius 3 is 2.92 bits per heavy atom. The van der Waals surface area contributed by atoms with Gasteiger partial charge >= 0.3 is 5.97 Å². The van der Waals surface area contributed by atoms with E-state index in [4.69, 9.17) is 4.74 Å². The van der Waals surface area contributed by atoms with Gasteiger partial charge < -0.3 is 14.7 Å². The monoisotopic (exact) mass is 331 g/mol. The zero-order chi connectivity index (χ0) is 17.1. The Kier molecular flexibility index (Phi) is 5.07. The third-order valence-electron chi connectivity index (χ3n) is 5.26. The molecule has 3 atom stereocenters. The van der Waals surface area contributed by atoms with Crippen LogP contribution in [0.25, 0.3) is 0 Å². The molecule has 5 heteroatoms. The Bertz CT molecular complexity index is 615. The molecule has 0 bridgehead atoms. The minimum atomic E-state index is -0.853. The lowest BCUT2D eigenvalue weighted by Crippen LogP contribution is -2.43. The summed E-state index contributed by atoms with van der Waals surface area (Å²) in [6.45, 7) is 3.08. The second kappa shape index (κ2) is 7.24. The molecule has 1 aromatic rings. The van der Waals surface area contributed by atoms with Crippen molar-refractivity contribution in [2.45, 2.75) is 45.1 Å². The van der Waals surface area contributed by atoms with E-state index < -0.39 is 12.0 Å². The molecule has 1 aliphatic heterocycles. The normalized spacial score (nSPS) is 25.5. The van der Waals surface area contributed by atoms with Crippen molar-refractivity contribution in [1.82, 2.24) is 4.90 Å². The maximum absolute atomic E-state index is 12.5. The van der Waals surface area contributed by atoms with Gasteiger partial charge in [-0.3, -0.25) is 4.79 Å². The zero-order valence-corrected chi connectivity index (χ0v) is 14.1. The van der Waals surface area contributed by atoms with Crippen molar-refractivity contribution >= 4 is 11.9 Å². The molecule has 130 valence electrons. The number of carbonyl (C=O) groups is 2. The highest BCUT2D eigenvalue weighted by Crippen LogP contribution is 2.42. The molecule has 0 aromatic heterocycles. The number of aliphatic carboxylic acids is 1. The predicted molar refractivity (Wildman–Crippen MR) is 89.9 cm³/mol. The Labute approximate surface area is 142 Å². The number of aryl methyl sites for hydroxylation is 1. The number of hydrogen-bond donors (Lipinski definition) is 1. The highest BCUT2D eigenvalue weighted by molar-refractivity contribution is 5.84. The first-order valence-corrected chi connectivity index (χ1v) is 8.78. The maximum atomic E-state index is 12.5. The van der Waals surface area contributed by atoms with Crippen LogP contribution in [-0.4, -0.2) is 41.1 Å². The van der Waals surface area contributed by atoms with Crippen LogP contribution in [0.15, 0.2) is 24.3 Å². The van der Waals surface area contributed by atoms with E-state index in [9.17, 15) is 14.7 Å². The average molecular weight is 331 g/mol. The molecule has 1 saturated heterocycles. The van der Waals surface area contributed by atoms with Crippen molar-refractivity contribution in [3.05, 3.63) is 29.8 Å². The summed E-state index contributed by atoms with van der Waals surface area (Å²) in [5.74, 6) is 0.425. The van der Waals surface area contributed by atoms with Crippen LogP contribution in [0.2, 0.25) is 0 Å².